The van der Waals surface area contributed by atoms with Crippen LogP contribution in [0.15, 0.2) is 52.4 Å². The Balaban J connectivity index is 1.85. The van der Waals surface area contributed by atoms with E-state index in [0.717, 1.165) is 0 Å². The topological polar surface area (TPSA) is 94.1 Å². The average molecular weight is 431 g/mol. The molecule has 7 nitrogen and oxygen atoms in total. The van der Waals surface area contributed by atoms with E-state index in [4.69, 9.17) is 21.1 Å². The van der Waals surface area contributed by atoms with Gasteiger partial charge in [0.2, 0.25) is 0 Å². The van der Waals surface area contributed by atoms with E-state index < -0.39 is 11.9 Å². The van der Waals surface area contributed by atoms with Gasteiger partial charge in [-0.3, -0.25) is 14.4 Å². The van der Waals surface area contributed by atoms with Gasteiger partial charge < -0.3 is 14.8 Å². The zero-order valence-electron chi connectivity index (χ0n) is 15.4. The number of ether oxygens (including phenoxy) is 2. The van der Waals surface area contributed by atoms with E-state index in [2.05, 4.69) is 10.3 Å². The summed E-state index contributed by atoms with van der Waals surface area (Å²) < 4.78 is 10.1. The minimum atomic E-state index is -0.562. The lowest BCUT2D eigenvalue weighted by molar-refractivity contribution is -0.134. The number of carbonyl (C=O) groups is 3. The molecule has 1 heterocycles. The summed E-state index contributed by atoms with van der Waals surface area (Å²) in [5.41, 5.74) is 1.24. The first-order valence-electron chi connectivity index (χ1n) is 8.36. The van der Waals surface area contributed by atoms with Crippen LogP contribution in [0, 0.1) is 0 Å². The highest BCUT2D eigenvalue weighted by Crippen LogP contribution is 2.32. The monoisotopic (exact) mass is 430 g/mol. The second-order valence-electron chi connectivity index (χ2n) is 5.85. The second-order valence-corrected chi connectivity index (χ2v) is 7.32. The summed E-state index contributed by atoms with van der Waals surface area (Å²) >= 11 is 7.03. The standard InChI is InChI=1S/C20H15ClN2O5S/c1-11(24)27-16-8-3-13(9-17(16)28-12(2)25)10-18-19(26)23-20(29-18)22-15-6-4-14(21)5-7-15/h3-10H,1-2H3,(H,22,23,26)/b18-10-. The fourth-order valence-corrected chi connectivity index (χ4v) is 3.32. The molecule has 0 aliphatic carbocycles. The highest BCUT2D eigenvalue weighted by molar-refractivity contribution is 8.18. The van der Waals surface area contributed by atoms with Crippen molar-refractivity contribution in [1.82, 2.24) is 5.32 Å². The number of nitrogens with one attached hydrogen (secondary N) is 1. The summed E-state index contributed by atoms with van der Waals surface area (Å²) in [7, 11) is 0. The van der Waals surface area contributed by atoms with Gasteiger partial charge in [0.25, 0.3) is 5.91 Å². The highest BCUT2D eigenvalue weighted by atomic mass is 35.5. The van der Waals surface area contributed by atoms with Gasteiger partial charge in [-0.25, -0.2) is 4.99 Å². The van der Waals surface area contributed by atoms with E-state index >= 15 is 0 Å². The predicted molar refractivity (Wildman–Crippen MR) is 111 cm³/mol. The third-order valence-corrected chi connectivity index (χ3v) is 4.64. The van der Waals surface area contributed by atoms with E-state index in [9.17, 15) is 14.4 Å². The fourth-order valence-electron chi connectivity index (χ4n) is 2.35. The van der Waals surface area contributed by atoms with Crippen LogP contribution in [0.5, 0.6) is 11.5 Å². The van der Waals surface area contributed by atoms with Crippen LogP contribution in [0.25, 0.3) is 6.08 Å². The van der Waals surface area contributed by atoms with Crippen molar-refractivity contribution >= 4 is 58.1 Å². The van der Waals surface area contributed by atoms with Crippen molar-refractivity contribution in [3.63, 3.8) is 0 Å². The number of hydrogen-bond donors (Lipinski definition) is 1. The van der Waals surface area contributed by atoms with Gasteiger partial charge in [-0.15, -0.1) is 0 Å². The van der Waals surface area contributed by atoms with E-state index in [-0.39, 0.29) is 17.4 Å². The summed E-state index contributed by atoms with van der Waals surface area (Å²) in [6.07, 6.45) is 1.62. The third kappa shape index (κ3) is 5.69. The van der Waals surface area contributed by atoms with Crippen LogP contribution in [0.4, 0.5) is 5.69 Å². The number of halogens is 1. The Morgan fingerprint density at radius 2 is 1.69 bits per heavy atom. The quantitative estimate of drug-likeness (QED) is 0.446. The molecule has 3 rings (SSSR count). The molecule has 9 heteroatoms. The lowest BCUT2D eigenvalue weighted by Gasteiger charge is -2.09. The van der Waals surface area contributed by atoms with Crippen molar-refractivity contribution in [2.24, 2.45) is 4.99 Å². The van der Waals surface area contributed by atoms with E-state index in [1.54, 1.807) is 36.4 Å². The van der Waals surface area contributed by atoms with E-state index in [0.29, 0.717) is 26.3 Å². The van der Waals surface area contributed by atoms with Gasteiger partial charge in [-0.1, -0.05) is 17.7 Å². The molecule has 29 heavy (non-hydrogen) atoms. The van der Waals surface area contributed by atoms with Crippen molar-refractivity contribution in [2.45, 2.75) is 13.8 Å². The molecule has 1 aliphatic heterocycles. The summed E-state index contributed by atoms with van der Waals surface area (Å²) in [5, 5.41) is 3.72. The number of hydrogen-bond acceptors (Lipinski definition) is 7. The van der Waals surface area contributed by atoms with Gasteiger partial charge in [-0.2, -0.15) is 0 Å². The molecular weight excluding hydrogens is 416 g/mol. The Morgan fingerprint density at radius 3 is 2.34 bits per heavy atom. The first-order valence-corrected chi connectivity index (χ1v) is 9.55. The molecular formula is C20H15ClN2O5S. The van der Waals surface area contributed by atoms with Gasteiger partial charge in [0.1, 0.15) is 0 Å². The summed E-state index contributed by atoms with van der Waals surface area (Å²) in [5.74, 6) is -1.21. The lowest BCUT2D eigenvalue weighted by atomic mass is 10.2. The zero-order valence-corrected chi connectivity index (χ0v) is 17.0. The molecule has 1 N–H and O–H groups in total. The number of carbonyl (C=O) groups excluding carboxylic acids is 3. The largest absolute Gasteiger partial charge is 0.423 e. The molecule has 1 aliphatic rings. The number of aliphatic imine (C=N–C) groups is 1. The second kappa shape index (κ2) is 8.93. The van der Waals surface area contributed by atoms with Crippen LogP contribution in [-0.2, 0) is 14.4 Å². The highest BCUT2D eigenvalue weighted by Gasteiger charge is 2.24. The number of thioether (sulfide) groups is 1. The SMILES string of the molecule is CC(=O)Oc1ccc(/C=C2\SC(=Nc3ccc(Cl)cc3)NC2=O)cc1OC(C)=O. The number of amides is 1. The van der Waals surface area contributed by atoms with E-state index in [1.807, 2.05) is 0 Å². The minimum absolute atomic E-state index is 0.0838. The van der Waals surface area contributed by atoms with Gasteiger partial charge in [-0.05, 0) is 59.8 Å². The fraction of sp³-hybridized carbons (Fsp3) is 0.100. The molecule has 1 saturated heterocycles. The molecule has 1 fully saturated rings. The van der Waals surface area contributed by atoms with Crippen molar-refractivity contribution < 1.29 is 23.9 Å². The van der Waals surface area contributed by atoms with Gasteiger partial charge >= 0.3 is 11.9 Å². The predicted octanol–water partition coefficient (Wildman–Crippen LogP) is 4.08. The van der Waals surface area contributed by atoms with Gasteiger partial charge in [0, 0.05) is 18.9 Å². The molecule has 1 amide bonds. The Kier molecular flexibility index (Phi) is 6.36. The maximum atomic E-state index is 12.3. The third-order valence-electron chi connectivity index (χ3n) is 3.48. The molecule has 0 unspecified atom stereocenters. The van der Waals surface area contributed by atoms with Gasteiger partial charge in [0.05, 0.1) is 10.6 Å². The summed E-state index contributed by atoms with van der Waals surface area (Å²) in [6.45, 7) is 2.48. The Bertz CT molecular complexity index is 1050. The average Bonchev–Trinajstić information content (AvgIpc) is 2.97. The molecule has 2 aromatic rings. The van der Waals surface area contributed by atoms with Gasteiger partial charge in [0.15, 0.2) is 16.7 Å². The van der Waals surface area contributed by atoms with Crippen molar-refractivity contribution in [2.75, 3.05) is 0 Å². The van der Waals surface area contributed by atoms with Crippen LogP contribution in [0.1, 0.15) is 19.4 Å². The Morgan fingerprint density at radius 1 is 1.03 bits per heavy atom. The molecule has 0 radical (unpaired) electrons. The molecule has 2 aromatic carbocycles. The number of esters is 2. The van der Waals surface area contributed by atoms with Crippen LogP contribution in [0.3, 0.4) is 0 Å². The first-order chi connectivity index (χ1) is 13.8. The molecule has 148 valence electrons. The molecule has 0 atom stereocenters. The Labute approximate surface area is 175 Å². The van der Waals surface area contributed by atoms with Crippen LogP contribution in [-0.4, -0.2) is 23.0 Å². The van der Waals surface area contributed by atoms with Crippen molar-refractivity contribution in [1.29, 1.82) is 0 Å². The maximum absolute atomic E-state index is 12.3. The number of nitrogens with zero attached hydrogens (tertiary/aromatic N) is 1. The van der Waals surface area contributed by atoms with Crippen molar-refractivity contribution in [3.05, 3.63) is 58.0 Å². The smallest absolute Gasteiger partial charge is 0.308 e. The zero-order chi connectivity index (χ0) is 21.0. The molecule has 0 aromatic heterocycles. The minimum Gasteiger partial charge on any atom is -0.423 e. The van der Waals surface area contributed by atoms with Crippen molar-refractivity contribution in [3.8, 4) is 11.5 Å². The Hall–Kier alpha value is -3.10. The van der Waals surface area contributed by atoms with Crippen LogP contribution >= 0.6 is 23.4 Å². The summed E-state index contributed by atoms with van der Waals surface area (Å²) in [4.78, 5) is 39.6. The molecule has 0 spiro atoms. The summed E-state index contributed by atoms with van der Waals surface area (Å²) in [6, 6.07) is 11.5. The lowest BCUT2D eigenvalue weighted by Crippen LogP contribution is -2.19. The van der Waals surface area contributed by atoms with Crippen LogP contribution in [0.2, 0.25) is 5.02 Å². The van der Waals surface area contributed by atoms with E-state index in [1.165, 1.54) is 37.7 Å². The maximum Gasteiger partial charge on any atom is 0.308 e. The molecule has 0 saturated carbocycles. The van der Waals surface area contributed by atoms with Crippen LogP contribution < -0.4 is 14.8 Å². The normalized spacial score (nSPS) is 16.0. The number of benzene rings is 2. The number of rotatable bonds is 4. The number of amidine groups is 1. The first kappa shape index (κ1) is 20.6. The molecule has 0 bridgehead atoms.